The van der Waals surface area contributed by atoms with Crippen LogP contribution in [0.5, 0.6) is 0 Å². The minimum Gasteiger partial charge on any atom is -0.324 e. The molecule has 0 aliphatic heterocycles. The number of aromatic nitrogens is 2. The molecule has 2 N–H and O–H groups in total. The number of aryl methyl sites for hydroxylation is 3. The molecule has 2 rings (SSSR count). The highest BCUT2D eigenvalue weighted by molar-refractivity contribution is 5.22. The van der Waals surface area contributed by atoms with E-state index in [9.17, 15) is 0 Å². The molecule has 0 aliphatic carbocycles. The molecule has 1 unspecified atom stereocenters. The predicted octanol–water partition coefficient (Wildman–Crippen LogP) is 2.36. The summed E-state index contributed by atoms with van der Waals surface area (Å²) >= 11 is 0. The van der Waals surface area contributed by atoms with Gasteiger partial charge in [-0.1, -0.05) is 29.8 Å². The Kier molecular flexibility index (Phi) is 3.59. The van der Waals surface area contributed by atoms with Crippen LogP contribution in [0.15, 0.2) is 36.7 Å². The lowest BCUT2D eigenvalue weighted by molar-refractivity contribution is 0.650. The van der Waals surface area contributed by atoms with Gasteiger partial charge in [-0.05, 0) is 25.3 Å². The SMILES string of the molecule is Cc1ccc(CCC(N)c2cnn(C)c2)cc1. The second-order valence-corrected chi connectivity index (χ2v) is 4.58. The summed E-state index contributed by atoms with van der Waals surface area (Å²) in [7, 11) is 1.91. The zero-order valence-electron chi connectivity index (χ0n) is 10.4. The van der Waals surface area contributed by atoms with Gasteiger partial charge in [0.15, 0.2) is 0 Å². The van der Waals surface area contributed by atoms with Crippen LogP contribution in [-0.4, -0.2) is 9.78 Å². The number of benzene rings is 1. The third-order valence-electron chi connectivity index (χ3n) is 3.02. The van der Waals surface area contributed by atoms with Crippen LogP contribution in [-0.2, 0) is 13.5 Å². The fourth-order valence-electron chi connectivity index (χ4n) is 1.88. The van der Waals surface area contributed by atoms with Crippen molar-refractivity contribution in [2.24, 2.45) is 12.8 Å². The van der Waals surface area contributed by atoms with Crippen LogP contribution in [0.4, 0.5) is 0 Å². The first kappa shape index (κ1) is 11.9. The molecule has 2 aromatic rings. The fraction of sp³-hybridized carbons (Fsp3) is 0.357. The van der Waals surface area contributed by atoms with Crippen molar-refractivity contribution >= 4 is 0 Å². The van der Waals surface area contributed by atoms with Crippen LogP contribution in [0.2, 0.25) is 0 Å². The third-order valence-corrected chi connectivity index (χ3v) is 3.02. The first-order valence-corrected chi connectivity index (χ1v) is 5.95. The van der Waals surface area contributed by atoms with Gasteiger partial charge in [0.25, 0.3) is 0 Å². The van der Waals surface area contributed by atoms with E-state index < -0.39 is 0 Å². The summed E-state index contributed by atoms with van der Waals surface area (Å²) in [5.41, 5.74) is 9.88. The Hall–Kier alpha value is -1.61. The minimum atomic E-state index is 0.0741. The molecule has 1 aromatic heterocycles. The van der Waals surface area contributed by atoms with Crippen LogP contribution < -0.4 is 5.73 Å². The van der Waals surface area contributed by atoms with Crippen molar-refractivity contribution in [3.05, 3.63) is 53.3 Å². The lowest BCUT2D eigenvalue weighted by atomic mass is 10.0. The van der Waals surface area contributed by atoms with Gasteiger partial charge in [0.2, 0.25) is 0 Å². The lowest BCUT2D eigenvalue weighted by Gasteiger charge is -2.09. The number of nitrogens with zero attached hydrogens (tertiary/aromatic N) is 2. The van der Waals surface area contributed by atoms with Crippen LogP contribution in [0.3, 0.4) is 0 Å². The molecule has 0 amide bonds. The maximum absolute atomic E-state index is 6.13. The predicted molar refractivity (Wildman–Crippen MR) is 69.6 cm³/mol. The van der Waals surface area contributed by atoms with E-state index in [4.69, 9.17) is 5.73 Å². The van der Waals surface area contributed by atoms with Gasteiger partial charge in [-0.2, -0.15) is 5.10 Å². The van der Waals surface area contributed by atoms with Gasteiger partial charge < -0.3 is 5.73 Å². The second-order valence-electron chi connectivity index (χ2n) is 4.58. The summed E-state index contributed by atoms with van der Waals surface area (Å²) in [5.74, 6) is 0. The summed E-state index contributed by atoms with van der Waals surface area (Å²) in [4.78, 5) is 0. The average Bonchev–Trinajstić information content (AvgIpc) is 2.75. The van der Waals surface area contributed by atoms with Crippen molar-refractivity contribution in [3.63, 3.8) is 0 Å². The van der Waals surface area contributed by atoms with E-state index in [0.717, 1.165) is 18.4 Å². The molecule has 1 atom stereocenters. The largest absolute Gasteiger partial charge is 0.324 e. The quantitative estimate of drug-likeness (QED) is 0.874. The molecule has 0 radical (unpaired) electrons. The van der Waals surface area contributed by atoms with Crippen molar-refractivity contribution < 1.29 is 0 Å². The van der Waals surface area contributed by atoms with Crippen LogP contribution in [0.1, 0.15) is 29.2 Å². The Labute approximate surface area is 102 Å². The van der Waals surface area contributed by atoms with Gasteiger partial charge in [0.1, 0.15) is 0 Å². The average molecular weight is 229 g/mol. The van der Waals surface area contributed by atoms with Gasteiger partial charge in [-0.3, -0.25) is 4.68 Å². The van der Waals surface area contributed by atoms with Gasteiger partial charge in [0.05, 0.1) is 6.20 Å². The molecule has 0 bridgehead atoms. The van der Waals surface area contributed by atoms with Crippen molar-refractivity contribution in [2.75, 3.05) is 0 Å². The van der Waals surface area contributed by atoms with E-state index in [-0.39, 0.29) is 6.04 Å². The Morgan fingerprint density at radius 2 is 2.00 bits per heavy atom. The Balaban J connectivity index is 1.92. The summed E-state index contributed by atoms with van der Waals surface area (Å²) in [6, 6.07) is 8.71. The van der Waals surface area contributed by atoms with Gasteiger partial charge >= 0.3 is 0 Å². The Morgan fingerprint density at radius 1 is 1.29 bits per heavy atom. The highest BCUT2D eigenvalue weighted by Crippen LogP contribution is 2.16. The van der Waals surface area contributed by atoms with E-state index in [0.29, 0.717) is 0 Å². The Morgan fingerprint density at radius 3 is 2.59 bits per heavy atom. The summed E-state index contributed by atoms with van der Waals surface area (Å²) in [5, 5.41) is 4.14. The smallest absolute Gasteiger partial charge is 0.0537 e. The Bertz CT molecular complexity index is 470. The van der Waals surface area contributed by atoms with E-state index in [1.165, 1.54) is 11.1 Å². The van der Waals surface area contributed by atoms with Gasteiger partial charge in [0, 0.05) is 24.8 Å². The lowest BCUT2D eigenvalue weighted by Crippen LogP contribution is -2.10. The topological polar surface area (TPSA) is 43.8 Å². The number of hydrogen-bond acceptors (Lipinski definition) is 2. The maximum Gasteiger partial charge on any atom is 0.0537 e. The first-order valence-electron chi connectivity index (χ1n) is 5.95. The molecule has 3 nitrogen and oxygen atoms in total. The van der Waals surface area contributed by atoms with Crippen molar-refractivity contribution in [1.29, 1.82) is 0 Å². The van der Waals surface area contributed by atoms with Crippen LogP contribution in [0, 0.1) is 6.92 Å². The van der Waals surface area contributed by atoms with E-state index in [1.54, 1.807) is 4.68 Å². The molecule has 0 saturated heterocycles. The highest BCUT2D eigenvalue weighted by Gasteiger charge is 2.07. The van der Waals surface area contributed by atoms with E-state index in [2.05, 4.69) is 36.3 Å². The summed E-state index contributed by atoms with van der Waals surface area (Å²) in [6.07, 6.45) is 5.80. The molecular weight excluding hydrogens is 210 g/mol. The normalized spacial score (nSPS) is 12.6. The summed E-state index contributed by atoms with van der Waals surface area (Å²) in [6.45, 7) is 2.10. The number of nitrogens with two attached hydrogens (primary N) is 1. The zero-order valence-corrected chi connectivity index (χ0v) is 10.4. The third kappa shape index (κ3) is 3.17. The van der Waals surface area contributed by atoms with Crippen molar-refractivity contribution in [2.45, 2.75) is 25.8 Å². The molecule has 3 heteroatoms. The molecule has 0 spiro atoms. The minimum absolute atomic E-state index is 0.0741. The molecular formula is C14H19N3. The van der Waals surface area contributed by atoms with E-state index >= 15 is 0 Å². The van der Waals surface area contributed by atoms with Gasteiger partial charge in [-0.15, -0.1) is 0 Å². The zero-order chi connectivity index (χ0) is 12.3. The maximum atomic E-state index is 6.13. The van der Waals surface area contributed by atoms with Gasteiger partial charge in [-0.25, -0.2) is 0 Å². The highest BCUT2D eigenvalue weighted by atomic mass is 15.2. The number of hydrogen-bond donors (Lipinski definition) is 1. The van der Waals surface area contributed by atoms with Crippen LogP contribution in [0.25, 0.3) is 0 Å². The monoisotopic (exact) mass is 229 g/mol. The molecule has 1 heterocycles. The molecule has 0 saturated carbocycles. The van der Waals surface area contributed by atoms with E-state index in [1.807, 2.05) is 19.4 Å². The van der Waals surface area contributed by atoms with Crippen LogP contribution >= 0.6 is 0 Å². The molecule has 1 aromatic carbocycles. The first-order chi connectivity index (χ1) is 8.15. The molecule has 90 valence electrons. The second kappa shape index (κ2) is 5.15. The van der Waals surface area contributed by atoms with Crippen molar-refractivity contribution in [3.8, 4) is 0 Å². The molecule has 17 heavy (non-hydrogen) atoms. The fourth-order valence-corrected chi connectivity index (χ4v) is 1.88. The molecule has 0 fully saturated rings. The number of rotatable bonds is 4. The molecule has 0 aliphatic rings. The van der Waals surface area contributed by atoms with Crippen molar-refractivity contribution in [1.82, 2.24) is 9.78 Å². The summed E-state index contributed by atoms with van der Waals surface area (Å²) < 4.78 is 1.79. The standard InChI is InChI=1S/C14H19N3/c1-11-3-5-12(6-4-11)7-8-14(15)13-9-16-17(2)10-13/h3-6,9-10,14H,7-8,15H2,1-2H3.